The topological polar surface area (TPSA) is 75.5 Å². The molecule has 104 valence electrons. The average molecular weight is 272 g/mol. The first-order chi connectivity index (χ1) is 9.78. The molecule has 2 unspecified atom stereocenters. The van der Waals surface area contributed by atoms with E-state index < -0.39 is 12.2 Å². The summed E-state index contributed by atoms with van der Waals surface area (Å²) in [6, 6.07) is 9.49. The van der Waals surface area contributed by atoms with Crippen molar-refractivity contribution in [3.8, 4) is 11.4 Å². The van der Waals surface area contributed by atoms with Crippen LogP contribution in [-0.4, -0.2) is 39.0 Å². The van der Waals surface area contributed by atoms with E-state index in [1.807, 2.05) is 30.3 Å². The largest absolute Gasteiger partial charge is 0.394 e. The van der Waals surface area contributed by atoms with E-state index in [1.165, 1.54) is 0 Å². The van der Waals surface area contributed by atoms with Crippen molar-refractivity contribution in [2.45, 2.75) is 24.7 Å². The van der Waals surface area contributed by atoms with Crippen LogP contribution in [-0.2, 0) is 4.74 Å². The lowest BCUT2D eigenvalue weighted by molar-refractivity contribution is -0.0226. The predicted molar refractivity (Wildman–Crippen MR) is 72.8 cm³/mol. The monoisotopic (exact) mass is 272 g/mol. The number of aliphatic hydroxyl groups excluding tert-OH is 2. The molecule has 1 aliphatic rings. The van der Waals surface area contributed by atoms with Crippen LogP contribution in [0.4, 0.5) is 0 Å². The van der Waals surface area contributed by atoms with Crippen molar-refractivity contribution in [1.29, 1.82) is 0 Å². The van der Waals surface area contributed by atoms with Crippen molar-refractivity contribution < 1.29 is 14.9 Å². The van der Waals surface area contributed by atoms with Crippen molar-refractivity contribution in [1.82, 2.24) is 9.97 Å². The van der Waals surface area contributed by atoms with Crippen molar-refractivity contribution in [2.75, 3.05) is 6.61 Å². The van der Waals surface area contributed by atoms with E-state index in [0.29, 0.717) is 6.42 Å². The summed E-state index contributed by atoms with van der Waals surface area (Å²) < 4.78 is 5.60. The minimum atomic E-state index is -0.625. The Bertz CT molecular complexity index is 559. The van der Waals surface area contributed by atoms with Crippen LogP contribution >= 0.6 is 0 Å². The summed E-state index contributed by atoms with van der Waals surface area (Å²) in [7, 11) is 0. The maximum atomic E-state index is 9.74. The molecule has 20 heavy (non-hydrogen) atoms. The number of rotatable bonds is 3. The molecule has 0 aliphatic carbocycles. The van der Waals surface area contributed by atoms with E-state index in [9.17, 15) is 5.11 Å². The van der Waals surface area contributed by atoms with Crippen LogP contribution in [0.1, 0.15) is 18.1 Å². The fourth-order valence-electron chi connectivity index (χ4n) is 2.37. The van der Waals surface area contributed by atoms with Crippen LogP contribution in [0.25, 0.3) is 11.4 Å². The third-order valence-electron chi connectivity index (χ3n) is 3.49. The molecule has 3 rings (SSSR count). The van der Waals surface area contributed by atoms with Gasteiger partial charge in [-0.25, -0.2) is 0 Å². The summed E-state index contributed by atoms with van der Waals surface area (Å²) in [5.74, 6) is 0. The second-order valence-electron chi connectivity index (χ2n) is 4.84. The Morgan fingerprint density at radius 3 is 2.60 bits per heavy atom. The first-order valence-corrected chi connectivity index (χ1v) is 6.59. The van der Waals surface area contributed by atoms with E-state index in [1.54, 1.807) is 12.4 Å². The fourth-order valence-corrected chi connectivity index (χ4v) is 2.37. The highest BCUT2D eigenvalue weighted by atomic mass is 16.5. The van der Waals surface area contributed by atoms with E-state index in [-0.39, 0.29) is 12.7 Å². The van der Waals surface area contributed by atoms with Gasteiger partial charge in [0.1, 0.15) is 6.10 Å². The molecule has 0 saturated carbocycles. The number of pyridine rings is 2. The van der Waals surface area contributed by atoms with Crippen LogP contribution in [0, 0.1) is 0 Å². The van der Waals surface area contributed by atoms with Gasteiger partial charge in [0.15, 0.2) is 0 Å². The molecule has 1 aliphatic heterocycles. The van der Waals surface area contributed by atoms with Gasteiger partial charge in [0.05, 0.1) is 30.2 Å². The summed E-state index contributed by atoms with van der Waals surface area (Å²) in [5.41, 5.74) is 2.52. The minimum Gasteiger partial charge on any atom is -0.394 e. The van der Waals surface area contributed by atoms with Crippen molar-refractivity contribution >= 4 is 0 Å². The molecule has 1 saturated heterocycles. The number of hydrogen-bond donors (Lipinski definition) is 2. The normalized spacial score (nSPS) is 25.8. The zero-order valence-electron chi connectivity index (χ0n) is 10.9. The van der Waals surface area contributed by atoms with Gasteiger partial charge < -0.3 is 14.9 Å². The predicted octanol–water partition coefficient (Wildman–Crippen LogP) is 1.33. The van der Waals surface area contributed by atoms with Gasteiger partial charge in [0.25, 0.3) is 0 Å². The molecule has 0 amide bonds. The van der Waals surface area contributed by atoms with Gasteiger partial charge >= 0.3 is 0 Å². The summed E-state index contributed by atoms with van der Waals surface area (Å²) in [6.45, 7) is -0.170. The Hall–Kier alpha value is -1.82. The standard InChI is InChI=1S/C15H16N2O3/c18-9-15-13(19)7-14(20-15)10-4-5-12(17-8-10)11-3-1-2-6-16-11/h1-6,8,13-15,18-19H,7,9H2/t13?,14?,15-/m1/s1. The van der Waals surface area contributed by atoms with Crippen LogP contribution in [0.3, 0.4) is 0 Å². The lowest BCUT2D eigenvalue weighted by Crippen LogP contribution is -2.24. The SMILES string of the molecule is OC[C@H]1OC(c2ccc(-c3ccccn3)nc2)CC1O. The Kier molecular flexibility index (Phi) is 3.73. The molecule has 3 heterocycles. The van der Waals surface area contributed by atoms with Crippen molar-refractivity contribution in [2.24, 2.45) is 0 Å². The highest BCUT2D eigenvalue weighted by Gasteiger charge is 2.34. The van der Waals surface area contributed by atoms with Crippen LogP contribution < -0.4 is 0 Å². The summed E-state index contributed by atoms with van der Waals surface area (Å²) >= 11 is 0. The average Bonchev–Trinajstić information content (AvgIpc) is 2.89. The Morgan fingerprint density at radius 1 is 1.15 bits per heavy atom. The van der Waals surface area contributed by atoms with Crippen molar-refractivity contribution in [3.05, 3.63) is 48.3 Å². The Balaban J connectivity index is 1.77. The number of ether oxygens (including phenoxy) is 1. The lowest BCUT2D eigenvalue weighted by Gasteiger charge is -2.12. The first kappa shape index (κ1) is 13.2. The number of hydrogen-bond acceptors (Lipinski definition) is 5. The molecule has 2 aromatic rings. The number of aliphatic hydroxyl groups is 2. The molecule has 5 nitrogen and oxygen atoms in total. The quantitative estimate of drug-likeness (QED) is 0.881. The van der Waals surface area contributed by atoms with Gasteiger partial charge in [-0.15, -0.1) is 0 Å². The van der Waals surface area contributed by atoms with E-state index in [4.69, 9.17) is 9.84 Å². The first-order valence-electron chi connectivity index (χ1n) is 6.59. The van der Waals surface area contributed by atoms with Crippen LogP contribution in [0.15, 0.2) is 42.7 Å². The highest BCUT2D eigenvalue weighted by Crippen LogP contribution is 2.32. The molecule has 2 aromatic heterocycles. The van der Waals surface area contributed by atoms with Crippen LogP contribution in [0.5, 0.6) is 0 Å². The fraction of sp³-hybridized carbons (Fsp3) is 0.333. The Labute approximate surface area is 116 Å². The molecule has 0 radical (unpaired) electrons. The zero-order chi connectivity index (χ0) is 13.9. The van der Waals surface area contributed by atoms with E-state index in [2.05, 4.69) is 9.97 Å². The van der Waals surface area contributed by atoms with Gasteiger partial charge in [-0.2, -0.15) is 0 Å². The van der Waals surface area contributed by atoms with Gasteiger partial charge in [-0.3, -0.25) is 9.97 Å². The second-order valence-corrected chi connectivity index (χ2v) is 4.84. The van der Waals surface area contributed by atoms with E-state index in [0.717, 1.165) is 17.0 Å². The maximum absolute atomic E-state index is 9.74. The molecular weight excluding hydrogens is 256 g/mol. The molecule has 2 N–H and O–H groups in total. The summed E-state index contributed by atoms with van der Waals surface area (Å²) in [4.78, 5) is 8.63. The molecule has 0 spiro atoms. The molecule has 0 bridgehead atoms. The number of aromatic nitrogens is 2. The smallest absolute Gasteiger partial charge is 0.107 e. The third-order valence-corrected chi connectivity index (χ3v) is 3.49. The molecule has 0 aromatic carbocycles. The Morgan fingerprint density at radius 2 is 2.00 bits per heavy atom. The maximum Gasteiger partial charge on any atom is 0.107 e. The third kappa shape index (κ3) is 2.56. The summed E-state index contributed by atoms with van der Waals surface area (Å²) in [5, 5.41) is 18.8. The van der Waals surface area contributed by atoms with Gasteiger partial charge in [-0.05, 0) is 23.8 Å². The molecule has 3 atom stereocenters. The molecule has 5 heteroatoms. The van der Waals surface area contributed by atoms with E-state index >= 15 is 0 Å². The molecule has 1 fully saturated rings. The molecular formula is C15H16N2O3. The minimum absolute atomic E-state index is 0.170. The van der Waals surface area contributed by atoms with Crippen LogP contribution in [0.2, 0.25) is 0 Å². The van der Waals surface area contributed by atoms with Gasteiger partial charge in [0, 0.05) is 18.8 Å². The van der Waals surface area contributed by atoms with Crippen molar-refractivity contribution in [3.63, 3.8) is 0 Å². The second kappa shape index (κ2) is 5.66. The summed E-state index contributed by atoms with van der Waals surface area (Å²) in [6.07, 6.45) is 2.60. The van der Waals surface area contributed by atoms with Gasteiger partial charge in [0.2, 0.25) is 0 Å². The van der Waals surface area contributed by atoms with Gasteiger partial charge in [-0.1, -0.05) is 12.1 Å². The highest BCUT2D eigenvalue weighted by molar-refractivity contribution is 5.53. The lowest BCUT2D eigenvalue weighted by atomic mass is 10.1. The number of nitrogens with zero attached hydrogens (tertiary/aromatic N) is 2. The zero-order valence-corrected chi connectivity index (χ0v) is 10.9.